The maximum absolute atomic E-state index is 12.1. The van der Waals surface area contributed by atoms with Crippen LogP contribution in [-0.2, 0) is 11.3 Å². The van der Waals surface area contributed by atoms with Crippen LogP contribution in [0.2, 0.25) is 0 Å². The van der Waals surface area contributed by atoms with Crippen molar-refractivity contribution in [2.75, 3.05) is 24.2 Å². The summed E-state index contributed by atoms with van der Waals surface area (Å²) < 4.78 is 1.60. The van der Waals surface area contributed by atoms with Crippen LogP contribution in [0.25, 0.3) is 0 Å². The Morgan fingerprint density at radius 1 is 1.40 bits per heavy atom. The highest BCUT2D eigenvalue weighted by Gasteiger charge is 2.13. The van der Waals surface area contributed by atoms with E-state index in [-0.39, 0.29) is 11.7 Å². The van der Waals surface area contributed by atoms with Crippen molar-refractivity contribution in [3.8, 4) is 0 Å². The van der Waals surface area contributed by atoms with Crippen molar-refractivity contribution in [1.82, 2.24) is 20.2 Å². The molecule has 8 heteroatoms. The van der Waals surface area contributed by atoms with Gasteiger partial charge in [-0.15, -0.1) is 5.10 Å². The van der Waals surface area contributed by atoms with Crippen LogP contribution >= 0.6 is 11.8 Å². The zero-order chi connectivity index (χ0) is 14.4. The fraction of sp³-hybridized carbons (Fsp3) is 0.333. The molecule has 0 spiro atoms. The lowest BCUT2D eigenvalue weighted by Crippen LogP contribution is -2.28. The number of nitrogens with zero attached hydrogens (tertiary/aromatic N) is 5. The highest BCUT2D eigenvalue weighted by atomic mass is 32.2. The molecule has 2 N–H and O–H groups in total. The Morgan fingerprint density at radius 3 is 2.85 bits per heavy atom. The van der Waals surface area contributed by atoms with E-state index >= 15 is 0 Å². The van der Waals surface area contributed by atoms with Gasteiger partial charge in [-0.25, -0.2) is 4.68 Å². The summed E-state index contributed by atoms with van der Waals surface area (Å²) in [4.78, 5) is 13.7. The number of thioether (sulfide) groups is 1. The zero-order valence-electron chi connectivity index (χ0n) is 11.1. The first-order valence-electron chi connectivity index (χ1n) is 6.13. The summed E-state index contributed by atoms with van der Waals surface area (Å²) in [6.45, 7) is 0.995. The molecule has 1 heterocycles. The lowest BCUT2D eigenvalue weighted by Gasteiger charge is -2.16. The number of carbonyl (C=O) groups is 1. The van der Waals surface area contributed by atoms with Crippen molar-refractivity contribution >= 4 is 23.4 Å². The van der Waals surface area contributed by atoms with Gasteiger partial charge in [-0.3, -0.25) is 4.79 Å². The lowest BCUT2D eigenvalue weighted by atomic mass is 10.3. The molecule has 0 aliphatic heterocycles. The first-order valence-corrected chi connectivity index (χ1v) is 7.11. The maximum Gasteiger partial charge on any atom is 0.237 e. The summed E-state index contributed by atoms with van der Waals surface area (Å²) in [6, 6.07) is 9.49. The molecule has 0 unspecified atom stereocenters. The Morgan fingerprint density at radius 2 is 2.15 bits per heavy atom. The number of aromatic nitrogens is 4. The van der Waals surface area contributed by atoms with Gasteiger partial charge in [0.1, 0.15) is 0 Å². The largest absolute Gasteiger partial charge is 0.329 e. The van der Waals surface area contributed by atoms with Gasteiger partial charge >= 0.3 is 0 Å². The Bertz CT molecular complexity index is 558. The van der Waals surface area contributed by atoms with Gasteiger partial charge < -0.3 is 10.6 Å². The molecule has 0 atom stereocenters. The molecule has 0 bridgehead atoms. The molecule has 7 nitrogen and oxygen atoms in total. The molecule has 0 radical (unpaired) electrons. The van der Waals surface area contributed by atoms with Crippen molar-refractivity contribution in [2.45, 2.75) is 11.7 Å². The topological polar surface area (TPSA) is 89.9 Å². The molecule has 0 saturated heterocycles. The van der Waals surface area contributed by atoms with Crippen LogP contribution in [0.3, 0.4) is 0 Å². The molecule has 0 aliphatic rings. The number of hydrogen-bond acceptors (Lipinski definition) is 6. The summed E-state index contributed by atoms with van der Waals surface area (Å²) in [6.07, 6.45) is 0. The van der Waals surface area contributed by atoms with Crippen LogP contribution in [0.15, 0.2) is 35.5 Å². The molecule has 0 saturated carbocycles. The predicted molar refractivity (Wildman–Crippen MR) is 77.4 cm³/mol. The number of tetrazole rings is 1. The smallest absolute Gasteiger partial charge is 0.237 e. The second-order valence-corrected chi connectivity index (χ2v) is 4.99. The van der Waals surface area contributed by atoms with Gasteiger partial charge in [-0.2, -0.15) is 0 Å². The number of amides is 1. The first-order chi connectivity index (χ1) is 9.72. The van der Waals surface area contributed by atoms with E-state index in [0.29, 0.717) is 18.2 Å². The van der Waals surface area contributed by atoms with Gasteiger partial charge in [0.05, 0.1) is 12.3 Å². The average Bonchev–Trinajstić information content (AvgIpc) is 2.92. The number of carbonyl (C=O) groups excluding carboxylic acids is 1. The van der Waals surface area contributed by atoms with Crippen LogP contribution < -0.4 is 10.6 Å². The molecule has 106 valence electrons. The van der Waals surface area contributed by atoms with Crippen LogP contribution in [-0.4, -0.2) is 45.5 Å². The number of anilines is 1. The highest BCUT2D eigenvalue weighted by molar-refractivity contribution is 7.99. The second kappa shape index (κ2) is 7.01. The molecule has 1 amide bonds. The normalized spacial score (nSPS) is 10.5. The average molecular weight is 292 g/mol. The molecular formula is C12H16N6OS. The molecule has 0 aliphatic carbocycles. The number of hydrogen-bond donors (Lipinski definition) is 1. The minimum absolute atomic E-state index is 0.0106. The van der Waals surface area contributed by atoms with Gasteiger partial charge in [0, 0.05) is 19.3 Å². The van der Waals surface area contributed by atoms with Crippen molar-refractivity contribution in [2.24, 2.45) is 5.73 Å². The fourth-order valence-corrected chi connectivity index (χ4v) is 2.40. The van der Waals surface area contributed by atoms with E-state index in [1.165, 1.54) is 11.8 Å². The number of benzene rings is 1. The molecule has 1 aromatic carbocycles. The fourth-order valence-electron chi connectivity index (χ4n) is 1.58. The molecule has 2 aromatic rings. The van der Waals surface area contributed by atoms with Crippen molar-refractivity contribution in [3.05, 3.63) is 30.3 Å². The zero-order valence-corrected chi connectivity index (χ0v) is 12.0. The second-order valence-electron chi connectivity index (χ2n) is 4.05. The number of rotatable bonds is 6. The molecule has 20 heavy (non-hydrogen) atoms. The van der Waals surface area contributed by atoms with Crippen LogP contribution in [0, 0.1) is 0 Å². The third-order valence-corrected chi connectivity index (χ3v) is 3.62. The quantitative estimate of drug-likeness (QED) is 0.774. The summed E-state index contributed by atoms with van der Waals surface area (Å²) >= 11 is 1.30. The molecular weight excluding hydrogens is 276 g/mol. The standard InChI is InChI=1S/C12H16N6OS/c1-17(10-5-3-2-4-6-10)11(19)9-20-12-14-15-16-18(12)8-7-13/h2-6H,7-9,13H2,1H3. The van der Waals surface area contributed by atoms with Crippen molar-refractivity contribution in [3.63, 3.8) is 0 Å². The van der Waals surface area contributed by atoms with Crippen LogP contribution in [0.5, 0.6) is 0 Å². The molecule has 1 aromatic heterocycles. The first kappa shape index (κ1) is 14.5. The van der Waals surface area contributed by atoms with Gasteiger partial charge in [0.2, 0.25) is 11.1 Å². The molecule has 2 rings (SSSR count). The number of para-hydroxylation sites is 1. The Labute approximate surface area is 121 Å². The van der Waals surface area contributed by atoms with E-state index in [9.17, 15) is 4.79 Å². The van der Waals surface area contributed by atoms with Gasteiger partial charge in [0.15, 0.2) is 0 Å². The van der Waals surface area contributed by atoms with Gasteiger partial charge in [-0.1, -0.05) is 30.0 Å². The highest BCUT2D eigenvalue weighted by Crippen LogP contribution is 2.17. The van der Waals surface area contributed by atoms with Crippen molar-refractivity contribution < 1.29 is 4.79 Å². The summed E-state index contributed by atoms with van der Waals surface area (Å²) in [5.74, 6) is 0.263. The van der Waals surface area contributed by atoms with Gasteiger partial charge in [0.25, 0.3) is 0 Å². The van der Waals surface area contributed by atoms with E-state index in [4.69, 9.17) is 5.73 Å². The number of nitrogens with two attached hydrogens (primary N) is 1. The molecule has 0 fully saturated rings. The lowest BCUT2D eigenvalue weighted by molar-refractivity contribution is -0.115. The minimum Gasteiger partial charge on any atom is -0.329 e. The van der Waals surface area contributed by atoms with E-state index in [1.54, 1.807) is 16.6 Å². The van der Waals surface area contributed by atoms with E-state index < -0.39 is 0 Å². The summed E-state index contributed by atoms with van der Waals surface area (Å²) in [5.41, 5.74) is 6.33. The van der Waals surface area contributed by atoms with E-state index in [1.807, 2.05) is 30.3 Å². The summed E-state index contributed by atoms with van der Waals surface area (Å²) in [7, 11) is 1.75. The predicted octanol–water partition coefficient (Wildman–Crippen LogP) is 0.387. The Kier molecular flexibility index (Phi) is 5.08. The Hall–Kier alpha value is -1.93. The SMILES string of the molecule is CN(C(=O)CSc1nnnn1CCN)c1ccccc1. The Balaban J connectivity index is 1.93. The third-order valence-electron chi connectivity index (χ3n) is 2.68. The van der Waals surface area contributed by atoms with Crippen molar-refractivity contribution in [1.29, 1.82) is 0 Å². The van der Waals surface area contributed by atoms with E-state index in [2.05, 4.69) is 15.5 Å². The summed E-state index contributed by atoms with van der Waals surface area (Å²) in [5, 5.41) is 11.9. The third kappa shape index (κ3) is 3.55. The van der Waals surface area contributed by atoms with E-state index in [0.717, 1.165) is 5.69 Å². The maximum atomic E-state index is 12.1. The minimum atomic E-state index is -0.0106. The van der Waals surface area contributed by atoms with Crippen LogP contribution in [0.4, 0.5) is 5.69 Å². The van der Waals surface area contributed by atoms with Gasteiger partial charge in [-0.05, 0) is 22.6 Å². The monoisotopic (exact) mass is 292 g/mol. The van der Waals surface area contributed by atoms with Crippen LogP contribution in [0.1, 0.15) is 0 Å².